The number of para-hydroxylation sites is 1. The van der Waals surface area contributed by atoms with Crippen molar-refractivity contribution in [2.75, 3.05) is 0 Å². The van der Waals surface area contributed by atoms with Crippen LogP contribution in [-0.4, -0.2) is 14.8 Å². The molecule has 0 atom stereocenters. The number of benzene rings is 1. The number of aryl methyl sites for hydroxylation is 1. The summed E-state index contributed by atoms with van der Waals surface area (Å²) in [4.78, 5) is 4.13. The molecule has 3 heteroatoms. The molecule has 0 aliphatic carbocycles. The Morgan fingerprint density at radius 2 is 1.94 bits per heavy atom. The van der Waals surface area contributed by atoms with Crippen molar-refractivity contribution in [3.05, 3.63) is 48.8 Å². The number of fused-ring (bicyclic) bond motifs is 1. The first-order valence-electron chi connectivity index (χ1n) is 5.18. The Kier molecular flexibility index (Phi) is 1.96. The van der Waals surface area contributed by atoms with Crippen LogP contribution in [0.25, 0.3) is 22.2 Å². The molecule has 3 aromatic rings. The van der Waals surface area contributed by atoms with E-state index in [9.17, 15) is 0 Å². The second-order valence-electron chi connectivity index (χ2n) is 3.73. The number of rotatable bonds is 1. The molecule has 78 valence electrons. The van der Waals surface area contributed by atoms with Crippen LogP contribution in [0.4, 0.5) is 0 Å². The fraction of sp³-hybridized carbons (Fsp3) is 0.0769. The monoisotopic (exact) mass is 209 g/mol. The Hall–Kier alpha value is -2.16. The molecule has 0 saturated heterocycles. The number of pyridine rings is 1. The molecule has 0 bridgehead atoms. The molecule has 0 aliphatic heterocycles. The van der Waals surface area contributed by atoms with Gasteiger partial charge in [0.2, 0.25) is 0 Å². The maximum atomic E-state index is 4.54. The quantitative estimate of drug-likeness (QED) is 0.616. The van der Waals surface area contributed by atoms with Crippen molar-refractivity contribution >= 4 is 10.9 Å². The van der Waals surface area contributed by atoms with E-state index in [4.69, 9.17) is 0 Å². The minimum absolute atomic E-state index is 0.992. The lowest BCUT2D eigenvalue weighted by molar-refractivity contribution is 0.800. The summed E-state index contributed by atoms with van der Waals surface area (Å²) < 4.78 is 1.90. The average molecular weight is 209 g/mol. The molecule has 0 radical (unpaired) electrons. The van der Waals surface area contributed by atoms with Crippen LogP contribution in [-0.2, 0) is 7.05 Å². The predicted molar refractivity (Wildman–Crippen MR) is 63.9 cm³/mol. The molecule has 16 heavy (non-hydrogen) atoms. The Labute approximate surface area is 93.4 Å². The van der Waals surface area contributed by atoms with Gasteiger partial charge >= 0.3 is 0 Å². The normalized spacial score (nSPS) is 10.8. The zero-order valence-electron chi connectivity index (χ0n) is 8.96. The van der Waals surface area contributed by atoms with Crippen molar-refractivity contribution in [3.8, 4) is 11.3 Å². The topological polar surface area (TPSA) is 30.7 Å². The number of hydrogen-bond acceptors (Lipinski definition) is 2. The lowest BCUT2D eigenvalue weighted by atomic mass is 10.1. The highest BCUT2D eigenvalue weighted by Gasteiger charge is 2.09. The molecule has 0 unspecified atom stereocenters. The maximum absolute atomic E-state index is 4.54. The highest BCUT2D eigenvalue weighted by Crippen LogP contribution is 2.26. The van der Waals surface area contributed by atoms with Gasteiger partial charge in [0.1, 0.15) is 5.69 Å². The summed E-state index contributed by atoms with van der Waals surface area (Å²) in [5.41, 5.74) is 3.19. The number of nitrogens with zero attached hydrogens (tertiary/aromatic N) is 3. The summed E-state index contributed by atoms with van der Waals surface area (Å²) in [5.74, 6) is 0. The third-order valence-electron chi connectivity index (χ3n) is 2.69. The Bertz CT molecular complexity index is 626. The third kappa shape index (κ3) is 1.29. The molecule has 0 N–H and O–H groups in total. The molecule has 2 aromatic heterocycles. The van der Waals surface area contributed by atoms with Crippen LogP contribution in [0.3, 0.4) is 0 Å². The van der Waals surface area contributed by atoms with E-state index in [0.29, 0.717) is 0 Å². The van der Waals surface area contributed by atoms with E-state index < -0.39 is 0 Å². The standard InChI is InChI=1S/C13H11N3/c1-16-12-7-3-2-6-11(12)13(15-16)10-5-4-8-14-9-10/h2-9H,1H3. The molecule has 3 nitrogen and oxygen atoms in total. The summed E-state index contributed by atoms with van der Waals surface area (Å²) in [6, 6.07) is 12.2. The van der Waals surface area contributed by atoms with Gasteiger partial charge in [-0.3, -0.25) is 9.67 Å². The van der Waals surface area contributed by atoms with Crippen molar-refractivity contribution < 1.29 is 0 Å². The summed E-state index contributed by atoms with van der Waals surface area (Å²) >= 11 is 0. The lowest BCUT2D eigenvalue weighted by Crippen LogP contribution is -1.89. The second-order valence-corrected chi connectivity index (χ2v) is 3.73. The highest BCUT2D eigenvalue weighted by atomic mass is 15.3. The SMILES string of the molecule is Cn1nc(-c2cccnc2)c2ccccc21. The minimum Gasteiger partial charge on any atom is -0.267 e. The minimum atomic E-state index is 0.992. The van der Waals surface area contributed by atoms with Gasteiger partial charge in [0.05, 0.1) is 5.52 Å². The van der Waals surface area contributed by atoms with Crippen LogP contribution in [0, 0.1) is 0 Å². The fourth-order valence-electron chi connectivity index (χ4n) is 1.93. The van der Waals surface area contributed by atoms with Crippen molar-refractivity contribution in [1.82, 2.24) is 14.8 Å². The third-order valence-corrected chi connectivity index (χ3v) is 2.69. The van der Waals surface area contributed by atoms with Crippen LogP contribution in [0.2, 0.25) is 0 Å². The molecule has 1 aromatic carbocycles. The van der Waals surface area contributed by atoms with Gasteiger partial charge in [-0.1, -0.05) is 18.2 Å². The van der Waals surface area contributed by atoms with Crippen LogP contribution >= 0.6 is 0 Å². The summed E-state index contributed by atoms with van der Waals surface area (Å²) in [6.07, 6.45) is 3.61. The van der Waals surface area contributed by atoms with E-state index in [0.717, 1.165) is 22.2 Å². The summed E-state index contributed by atoms with van der Waals surface area (Å²) in [5, 5.41) is 5.70. The van der Waals surface area contributed by atoms with E-state index in [2.05, 4.69) is 22.2 Å². The Balaban J connectivity index is 2.33. The Morgan fingerprint density at radius 1 is 1.06 bits per heavy atom. The average Bonchev–Trinajstić information content (AvgIpc) is 2.69. The summed E-state index contributed by atoms with van der Waals surface area (Å²) in [6.45, 7) is 0. The first kappa shape index (κ1) is 9.09. The van der Waals surface area contributed by atoms with E-state index >= 15 is 0 Å². The van der Waals surface area contributed by atoms with Gasteiger partial charge < -0.3 is 0 Å². The van der Waals surface area contributed by atoms with Gasteiger partial charge in [0.25, 0.3) is 0 Å². The lowest BCUT2D eigenvalue weighted by Gasteiger charge is -1.95. The van der Waals surface area contributed by atoms with Gasteiger partial charge in [-0.25, -0.2) is 0 Å². The number of hydrogen-bond donors (Lipinski definition) is 0. The molecule has 0 aliphatic rings. The van der Waals surface area contributed by atoms with Crippen LogP contribution in [0.5, 0.6) is 0 Å². The smallest absolute Gasteiger partial charge is 0.102 e. The molecule has 3 rings (SSSR count). The van der Waals surface area contributed by atoms with Crippen molar-refractivity contribution in [3.63, 3.8) is 0 Å². The predicted octanol–water partition coefficient (Wildman–Crippen LogP) is 2.64. The van der Waals surface area contributed by atoms with Crippen molar-refractivity contribution in [2.24, 2.45) is 7.05 Å². The fourth-order valence-corrected chi connectivity index (χ4v) is 1.93. The van der Waals surface area contributed by atoms with Gasteiger partial charge in [0, 0.05) is 30.4 Å². The zero-order chi connectivity index (χ0) is 11.0. The molecule has 2 heterocycles. The van der Waals surface area contributed by atoms with Gasteiger partial charge in [0.15, 0.2) is 0 Å². The van der Waals surface area contributed by atoms with Gasteiger partial charge in [-0.2, -0.15) is 5.10 Å². The summed E-state index contributed by atoms with van der Waals surface area (Å²) in [7, 11) is 1.96. The first-order valence-corrected chi connectivity index (χ1v) is 5.18. The highest BCUT2D eigenvalue weighted by molar-refractivity contribution is 5.92. The van der Waals surface area contributed by atoms with Gasteiger partial charge in [-0.15, -0.1) is 0 Å². The maximum Gasteiger partial charge on any atom is 0.102 e. The molecule has 0 amide bonds. The van der Waals surface area contributed by atoms with E-state index in [-0.39, 0.29) is 0 Å². The largest absolute Gasteiger partial charge is 0.267 e. The molecular formula is C13H11N3. The van der Waals surface area contributed by atoms with Gasteiger partial charge in [-0.05, 0) is 18.2 Å². The first-order chi connectivity index (χ1) is 7.86. The van der Waals surface area contributed by atoms with Crippen molar-refractivity contribution in [2.45, 2.75) is 0 Å². The number of aromatic nitrogens is 3. The van der Waals surface area contributed by atoms with E-state index in [1.54, 1.807) is 6.20 Å². The van der Waals surface area contributed by atoms with Crippen molar-refractivity contribution in [1.29, 1.82) is 0 Å². The van der Waals surface area contributed by atoms with E-state index in [1.165, 1.54) is 0 Å². The molecule has 0 spiro atoms. The van der Waals surface area contributed by atoms with Crippen LogP contribution in [0.15, 0.2) is 48.8 Å². The molecule has 0 saturated carbocycles. The van der Waals surface area contributed by atoms with E-state index in [1.807, 2.05) is 42.2 Å². The molecule has 0 fully saturated rings. The van der Waals surface area contributed by atoms with Crippen LogP contribution < -0.4 is 0 Å². The zero-order valence-corrected chi connectivity index (χ0v) is 8.96. The molecular weight excluding hydrogens is 198 g/mol. The second kappa shape index (κ2) is 3.45. The Morgan fingerprint density at radius 3 is 2.75 bits per heavy atom. The van der Waals surface area contributed by atoms with Crippen LogP contribution in [0.1, 0.15) is 0 Å².